The zero-order valence-electron chi connectivity index (χ0n) is 8.07. The zero-order valence-corrected chi connectivity index (χ0v) is 8.07. The van der Waals surface area contributed by atoms with Crippen molar-refractivity contribution >= 4 is 0 Å². The number of hydrogen-bond donors (Lipinski definition) is 0. The van der Waals surface area contributed by atoms with Gasteiger partial charge in [0.2, 0.25) is 0 Å². The Morgan fingerprint density at radius 1 is 1.69 bits per heavy atom. The van der Waals surface area contributed by atoms with Crippen LogP contribution < -0.4 is 0 Å². The van der Waals surface area contributed by atoms with Gasteiger partial charge in [-0.1, -0.05) is 12.0 Å². The molecular weight excluding hydrogens is 160 g/mol. The molecule has 1 atom stereocenters. The number of aromatic nitrogens is 1. The van der Waals surface area contributed by atoms with Gasteiger partial charge >= 0.3 is 0 Å². The van der Waals surface area contributed by atoms with Gasteiger partial charge in [0, 0.05) is 18.4 Å². The summed E-state index contributed by atoms with van der Waals surface area (Å²) in [4.78, 5) is 6.18. The Morgan fingerprint density at radius 3 is 3.00 bits per heavy atom. The Morgan fingerprint density at radius 2 is 2.46 bits per heavy atom. The fourth-order valence-corrected chi connectivity index (χ4v) is 1.16. The predicted octanol–water partition coefficient (Wildman–Crippen LogP) is 1.71. The van der Waals surface area contributed by atoms with Crippen molar-refractivity contribution in [1.29, 1.82) is 0 Å². The number of rotatable bonds is 3. The SMILES string of the molecule is C#CCN(C)C(C)c1cccnc1. The van der Waals surface area contributed by atoms with Gasteiger partial charge in [-0.3, -0.25) is 9.88 Å². The average molecular weight is 174 g/mol. The molecule has 0 aromatic carbocycles. The fraction of sp³-hybridized carbons (Fsp3) is 0.364. The maximum atomic E-state index is 5.24. The largest absolute Gasteiger partial charge is 0.289 e. The van der Waals surface area contributed by atoms with Crippen molar-refractivity contribution in [3.8, 4) is 12.3 Å². The molecule has 0 saturated heterocycles. The maximum Gasteiger partial charge on any atom is 0.0601 e. The van der Waals surface area contributed by atoms with Crippen LogP contribution in [-0.2, 0) is 0 Å². The van der Waals surface area contributed by atoms with Crippen molar-refractivity contribution in [3.05, 3.63) is 30.1 Å². The van der Waals surface area contributed by atoms with Crippen LogP contribution in [0.3, 0.4) is 0 Å². The van der Waals surface area contributed by atoms with E-state index in [1.807, 2.05) is 19.3 Å². The Kier molecular flexibility index (Phi) is 3.48. The van der Waals surface area contributed by atoms with E-state index in [4.69, 9.17) is 6.42 Å². The normalized spacial score (nSPS) is 12.5. The maximum absolute atomic E-state index is 5.24. The molecule has 0 aliphatic rings. The molecule has 1 unspecified atom stereocenters. The lowest BCUT2D eigenvalue weighted by atomic mass is 10.1. The van der Waals surface area contributed by atoms with E-state index >= 15 is 0 Å². The molecule has 0 amide bonds. The summed E-state index contributed by atoms with van der Waals surface area (Å²) in [7, 11) is 2.01. The molecule has 1 heterocycles. The quantitative estimate of drug-likeness (QED) is 0.648. The second kappa shape index (κ2) is 4.64. The van der Waals surface area contributed by atoms with Gasteiger partial charge in [0.1, 0.15) is 0 Å². The van der Waals surface area contributed by atoms with Crippen LogP contribution in [0, 0.1) is 12.3 Å². The van der Waals surface area contributed by atoms with Gasteiger partial charge in [-0.15, -0.1) is 6.42 Å². The van der Waals surface area contributed by atoms with E-state index in [1.165, 1.54) is 5.56 Å². The molecule has 0 N–H and O–H groups in total. The molecule has 2 heteroatoms. The average Bonchev–Trinajstić information content (AvgIpc) is 2.18. The highest BCUT2D eigenvalue weighted by Gasteiger charge is 2.09. The van der Waals surface area contributed by atoms with Gasteiger partial charge in [0.25, 0.3) is 0 Å². The summed E-state index contributed by atoms with van der Waals surface area (Å²) in [6.45, 7) is 2.78. The molecule has 0 radical (unpaired) electrons. The Labute approximate surface area is 79.6 Å². The van der Waals surface area contributed by atoms with Crippen molar-refractivity contribution < 1.29 is 0 Å². The molecule has 2 nitrogen and oxygen atoms in total. The number of hydrogen-bond acceptors (Lipinski definition) is 2. The summed E-state index contributed by atoms with van der Waals surface area (Å²) in [6.07, 6.45) is 8.89. The second-order valence-electron chi connectivity index (χ2n) is 3.08. The molecule has 0 aliphatic heterocycles. The Hall–Kier alpha value is -1.33. The van der Waals surface area contributed by atoms with Crippen molar-refractivity contribution in [2.75, 3.05) is 13.6 Å². The monoisotopic (exact) mass is 174 g/mol. The van der Waals surface area contributed by atoms with E-state index in [9.17, 15) is 0 Å². The molecule has 0 fully saturated rings. The van der Waals surface area contributed by atoms with Crippen LogP contribution in [0.1, 0.15) is 18.5 Å². The second-order valence-corrected chi connectivity index (χ2v) is 3.08. The summed E-state index contributed by atoms with van der Waals surface area (Å²) in [5, 5.41) is 0. The smallest absolute Gasteiger partial charge is 0.0601 e. The van der Waals surface area contributed by atoms with Gasteiger partial charge in [-0.05, 0) is 25.6 Å². The summed E-state index contributed by atoms with van der Waals surface area (Å²) >= 11 is 0. The molecule has 1 aromatic heterocycles. The minimum absolute atomic E-state index is 0.324. The van der Waals surface area contributed by atoms with Crippen LogP contribution in [0.15, 0.2) is 24.5 Å². The lowest BCUT2D eigenvalue weighted by molar-refractivity contribution is 0.294. The van der Waals surface area contributed by atoms with Gasteiger partial charge in [0.05, 0.1) is 6.54 Å². The predicted molar refractivity (Wildman–Crippen MR) is 54.1 cm³/mol. The van der Waals surface area contributed by atoms with Gasteiger partial charge in [-0.25, -0.2) is 0 Å². The zero-order chi connectivity index (χ0) is 9.68. The Balaban J connectivity index is 2.69. The van der Waals surface area contributed by atoms with E-state index in [2.05, 4.69) is 28.8 Å². The molecule has 0 spiro atoms. The molecule has 1 aromatic rings. The van der Waals surface area contributed by atoms with E-state index in [-0.39, 0.29) is 0 Å². The van der Waals surface area contributed by atoms with Crippen molar-refractivity contribution in [2.45, 2.75) is 13.0 Å². The highest BCUT2D eigenvalue weighted by molar-refractivity contribution is 5.13. The van der Waals surface area contributed by atoms with E-state index in [0.29, 0.717) is 12.6 Å². The van der Waals surface area contributed by atoms with Crippen LogP contribution in [0.5, 0.6) is 0 Å². The topological polar surface area (TPSA) is 16.1 Å². The summed E-state index contributed by atoms with van der Waals surface area (Å²) in [5.74, 6) is 2.62. The van der Waals surface area contributed by atoms with Crippen LogP contribution in [0.2, 0.25) is 0 Å². The van der Waals surface area contributed by atoms with Gasteiger partial charge < -0.3 is 0 Å². The summed E-state index contributed by atoms with van der Waals surface area (Å²) < 4.78 is 0. The number of terminal acetylenes is 1. The summed E-state index contributed by atoms with van der Waals surface area (Å²) in [5.41, 5.74) is 1.19. The van der Waals surface area contributed by atoms with Crippen LogP contribution in [0.4, 0.5) is 0 Å². The first kappa shape index (κ1) is 9.76. The minimum Gasteiger partial charge on any atom is -0.289 e. The minimum atomic E-state index is 0.324. The first-order valence-corrected chi connectivity index (χ1v) is 4.29. The number of pyridine rings is 1. The molecule has 0 aliphatic carbocycles. The van der Waals surface area contributed by atoms with Crippen molar-refractivity contribution in [2.24, 2.45) is 0 Å². The fourth-order valence-electron chi connectivity index (χ4n) is 1.16. The van der Waals surface area contributed by atoms with E-state index < -0.39 is 0 Å². The molecule has 0 saturated carbocycles. The molecule has 1 rings (SSSR count). The van der Waals surface area contributed by atoms with E-state index in [1.54, 1.807) is 6.20 Å². The third kappa shape index (κ3) is 2.57. The van der Waals surface area contributed by atoms with Gasteiger partial charge in [-0.2, -0.15) is 0 Å². The standard InChI is InChI=1S/C11H14N2/c1-4-8-13(3)10(2)11-6-5-7-12-9-11/h1,5-7,9-10H,8H2,2-3H3. The summed E-state index contributed by atoms with van der Waals surface area (Å²) in [6, 6.07) is 4.32. The van der Waals surface area contributed by atoms with Gasteiger partial charge in [0.15, 0.2) is 0 Å². The highest BCUT2D eigenvalue weighted by atomic mass is 15.1. The lowest BCUT2D eigenvalue weighted by Crippen LogP contribution is -2.22. The molecule has 13 heavy (non-hydrogen) atoms. The number of nitrogens with zero attached hydrogens (tertiary/aromatic N) is 2. The Bertz CT molecular complexity index is 287. The highest BCUT2D eigenvalue weighted by Crippen LogP contribution is 2.16. The van der Waals surface area contributed by atoms with Crippen LogP contribution in [-0.4, -0.2) is 23.5 Å². The third-order valence-electron chi connectivity index (χ3n) is 2.17. The van der Waals surface area contributed by atoms with Crippen molar-refractivity contribution in [3.63, 3.8) is 0 Å². The van der Waals surface area contributed by atoms with Crippen molar-refractivity contribution in [1.82, 2.24) is 9.88 Å². The first-order valence-electron chi connectivity index (χ1n) is 4.29. The molecular formula is C11H14N2. The third-order valence-corrected chi connectivity index (χ3v) is 2.17. The molecule has 68 valence electrons. The van der Waals surface area contributed by atoms with E-state index in [0.717, 1.165) is 0 Å². The lowest BCUT2D eigenvalue weighted by Gasteiger charge is -2.22. The van der Waals surface area contributed by atoms with Crippen LogP contribution >= 0.6 is 0 Å². The van der Waals surface area contributed by atoms with Crippen LogP contribution in [0.25, 0.3) is 0 Å². The first-order chi connectivity index (χ1) is 6.25. The molecule has 0 bridgehead atoms.